The molecule has 0 unspecified atom stereocenters. The molecule has 2 rings (SSSR count). The van der Waals surface area contributed by atoms with Crippen LogP contribution in [0.4, 0.5) is 0 Å². The first-order valence-electron chi connectivity index (χ1n) is 6.73. The van der Waals surface area contributed by atoms with Crippen molar-refractivity contribution >= 4 is 23.3 Å². The standard InChI is InChI=1S/C15H18ClNO2/c16-13-8-4-7-12(9-13)14(18)10-17-15(19)11-5-2-1-3-6-11/h4,7-9,11H,1-3,5-6,10H2,(H,17,19). The molecule has 102 valence electrons. The molecule has 1 saturated carbocycles. The molecule has 0 heterocycles. The maximum Gasteiger partial charge on any atom is 0.223 e. The lowest BCUT2D eigenvalue weighted by Gasteiger charge is -2.20. The molecular weight excluding hydrogens is 262 g/mol. The van der Waals surface area contributed by atoms with Gasteiger partial charge in [-0.25, -0.2) is 0 Å². The molecule has 1 aliphatic carbocycles. The molecule has 0 aliphatic heterocycles. The van der Waals surface area contributed by atoms with Gasteiger partial charge in [0.05, 0.1) is 6.54 Å². The minimum absolute atomic E-state index is 0.00933. The molecule has 0 aromatic heterocycles. The first-order chi connectivity index (χ1) is 9.16. The van der Waals surface area contributed by atoms with Crippen molar-refractivity contribution in [2.75, 3.05) is 6.54 Å². The van der Waals surface area contributed by atoms with E-state index in [1.165, 1.54) is 6.42 Å². The normalized spacial score (nSPS) is 16.1. The van der Waals surface area contributed by atoms with Crippen LogP contribution in [0.1, 0.15) is 42.5 Å². The van der Waals surface area contributed by atoms with Crippen LogP contribution in [0.3, 0.4) is 0 Å². The van der Waals surface area contributed by atoms with Crippen molar-refractivity contribution in [2.45, 2.75) is 32.1 Å². The summed E-state index contributed by atoms with van der Waals surface area (Å²) >= 11 is 5.83. The summed E-state index contributed by atoms with van der Waals surface area (Å²) < 4.78 is 0. The number of rotatable bonds is 4. The van der Waals surface area contributed by atoms with Crippen molar-refractivity contribution in [3.63, 3.8) is 0 Å². The second-order valence-electron chi connectivity index (χ2n) is 4.99. The Kier molecular flexibility index (Phi) is 4.97. The lowest BCUT2D eigenvalue weighted by atomic mass is 9.88. The first kappa shape index (κ1) is 14.1. The average molecular weight is 280 g/mol. The molecule has 19 heavy (non-hydrogen) atoms. The highest BCUT2D eigenvalue weighted by Gasteiger charge is 2.21. The lowest BCUT2D eigenvalue weighted by molar-refractivity contribution is -0.125. The lowest BCUT2D eigenvalue weighted by Crippen LogP contribution is -2.35. The van der Waals surface area contributed by atoms with Gasteiger partial charge < -0.3 is 5.32 Å². The number of carbonyl (C=O) groups excluding carboxylic acids is 2. The Morgan fingerprint density at radius 2 is 1.95 bits per heavy atom. The fourth-order valence-electron chi connectivity index (χ4n) is 2.44. The number of Topliss-reactive ketones (excluding diaryl/α,β-unsaturated/α-hetero) is 1. The maximum atomic E-state index is 11.9. The Morgan fingerprint density at radius 1 is 1.21 bits per heavy atom. The number of nitrogens with one attached hydrogen (secondary N) is 1. The van der Waals surface area contributed by atoms with Gasteiger partial charge in [-0.2, -0.15) is 0 Å². The molecule has 1 aromatic carbocycles. The molecule has 4 heteroatoms. The van der Waals surface area contributed by atoms with Gasteiger partial charge in [0.15, 0.2) is 5.78 Å². The smallest absolute Gasteiger partial charge is 0.223 e. The van der Waals surface area contributed by atoms with E-state index in [9.17, 15) is 9.59 Å². The van der Waals surface area contributed by atoms with Gasteiger partial charge in [0.25, 0.3) is 0 Å². The number of hydrogen-bond acceptors (Lipinski definition) is 2. The number of benzene rings is 1. The molecule has 0 radical (unpaired) electrons. The van der Waals surface area contributed by atoms with Crippen LogP contribution in [0, 0.1) is 5.92 Å². The van der Waals surface area contributed by atoms with Crippen LogP contribution in [0.25, 0.3) is 0 Å². The maximum absolute atomic E-state index is 11.9. The van der Waals surface area contributed by atoms with E-state index in [4.69, 9.17) is 11.6 Å². The Hall–Kier alpha value is -1.35. The summed E-state index contributed by atoms with van der Waals surface area (Å²) in [7, 11) is 0. The van der Waals surface area contributed by atoms with Gasteiger partial charge in [0.1, 0.15) is 0 Å². The Labute approximate surface area is 118 Å². The van der Waals surface area contributed by atoms with Crippen LogP contribution in [0.5, 0.6) is 0 Å². The van der Waals surface area contributed by atoms with Crippen molar-refractivity contribution in [1.29, 1.82) is 0 Å². The number of amides is 1. The molecule has 0 spiro atoms. The van der Waals surface area contributed by atoms with E-state index in [1.807, 2.05) is 0 Å². The third kappa shape index (κ3) is 4.06. The van der Waals surface area contributed by atoms with E-state index in [0.717, 1.165) is 25.7 Å². The summed E-state index contributed by atoms with van der Waals surface area (Å²) in [6.45, 7) is 0.0513. The summed E-state index contributed by atoms with van der Waals surface area (Å²) in [5, 5.41) is 3.27. The van der Waals surface area contributed by atoms with Crippen molar-refractivity contribution in [1.82, 2.24) is 5.32 Å². The molecule has 0 saturated heterocycles. The third-order valence-corrected chi connectivity index (χ3v) is 3.78. The molecule has 1 aliphatic rings. The predicted octanol–water partition coefficient (Wildman–Crippen LogP) is 3.22. The van der Waals surface area contributed by atoms with Crippen LogP contribution in [0.15, 0.2) is 24.3 Å². The summed E-state index contributed by atoms with van der Waals surface area (Å²) in [6.07, 6.45) is 5.32. The van der Waals surface area contributed by atoms with E-state index in [0.29, 0.717) is 10.6 Å². The van der Waals surface area contributed by atoms with Crippen molar-refractivity contribution in [2.24, 2.45) is 5.92 Å². The Balaban J connectivity index is 1.84. The van der Waals surface area contributed by atoms with E-state index in [2.05, 4.69) is 5.32 Å². The summed E-state index contributed by atoms with van der Waals surface area (Å²) in [6, 6.07) is 6.79. The van der Waals surface area contributed by atoms with E-state index < -0.39 is 0 Å². The first-order valence-corrected chi connectivity index (χ1v) is 7.11. The predicted molar refractivity (Wildman–Crippen MR) is 75.4 cm³/mol. The largest absolute Gasteiger partial charge is 0.348 e. The molecule has 0 atom stereocenters. The van der Waals surface area contributed by atoms with Gasteiger partial charge >= 0.3 is 0 Å². The quantitative estimate of drug-likeness (QED) is 0.860. The molecule has 1 N–H and O–H groups in total. The summed E-state index contributed by atoms with van der Waals surface area (Å²) in [4.78, 5) is 23.8. The van der Waals surface area contributed by atoms with Crippen LogP contribution in [-0.2, 0) is 4.79 Å². The number of ketones is 1. The number of carbonyl (C=O) groups is 2. The molecular formula is C15H18ClNO2. The van der Waals surface area contributed by atoms with Crippen LogP contribution in [-0.4, -0.2) is 18.2 Å². The second-order valence-corrected chi connectivity index (χ2v) is 5.42. The van der Waals surface area contributed by atoms with E-state index in [1.54, 1.807) is 24.3 Å². The van der Waals surface area contributed by atoms with Gasteiger partial charge in [0, 0.05) is 16.5 Å². The molecule has 1 aromatic rings. The fourth-order valence-corrected chi connectivity index (χ4v) is 2.63. The van der Waals surface area contributed by atoms with Crippen molar-refractivity contribution in [3.05, 3.63) is 34.9 Å². The van der Waals surface area contributed by atoms with E-state index in [-0.39, 0.29) is 24.2 Å². The monoisotopic (exact) mass is 279 g/mol. The topological polar surface area (TPSA) is 46.2 Å². The minimum Gasteiger partial charge on any atom is -0.348 e. The Morgan fingerprint density at radius 3 is 2.63 bits per heavy atom. The Bertz CT molecular complexity index is 467. The number of hydrogen-bond donors (Lipinski definition) is 1. The molecule has 1 fully saturated rings. The van der Waals surface area contributed by atoms with Crippen molar-refractivity contribution < 1.29 is 9.59 Å². The summed E-state index contributed by atoms with van der Waals surface area (Å²) in [5.74, 6) is -0.0114. The molecule has 0 bridgehead atoms. The van der Waals surface area contributed by atoms with Gasteiger partial charge in [-0.3, -0.25) is 9.59 Å². The van der Waals surface area contributed by atoms with Crippen LogP contribution in [0.2, 0.25) is 5.02 Å². The van der Waals surface area contributed by atoms with Gasteiger partial charge in [-0.15, -0.1) is 0 Å². The zero-order chi connectivity index (χ0) is 13.7. The third-order valence-electron chi connectivity index (χ3n) is 3.55. The zero-order valence-corrected chi connectivity index (χ0v) is 11.6. The highest BCUT2D eigenvalue weighted by molar-refractivity contribution is 6.31. The van der Waals surface area contributed by atoms with Gasteiger partial charge in [-0.05, 0) is 25.0 Å². The fraction of sp³-hybridized carbons (Fsp3) is 0.467. The van der Waals surface area contributed by atoms with Crippen LogP contribution < -0.4 is 5.32 Å². The highest BCUT2D eigenvalue weighted by Crippen LogP contribution is 2.23. The second kappa shape index (κ2) is 6.71. The van der Waals surface area contributed by atoms with Crippen LogP contribution >= 0.6 is 11.6 Å². The highest BCUT2D eigenvalue weighted by atomic mass is 35.5. The van der Waals surface area contributed by atoms with Gasteiger partial charge in [-0.1, -0.05) is 43.0 Å². The molecule has 3 nitrogen and oxygen atoms in total. The summed E-state index contributed by atoms with van der Waals surface area (Å²) in [5.41, 5.74) is 0.538. The van der Waals surface area contributed by atoms with Gasteiger partial charge in [0.2, 0.25) is 5.91 Å². The SMILES string of the molecule is O=C(CNC(=O)C1CCCCC1)c1cccc(Cl)c1. The zero-order valence-electron chi connectivity index (χ0n) is 10.8. The van der Waals surface area contributed by atoms with E-state index >= 15 is 0 Å². The molecule has 1 amide bonds. The van der Waals surface area contributed by atoms with Crippen molar-refractivity contribution in [3.8, 4) is 0 Å². The average Bonchev–Trinajstić information content (AvgIpc) is 2.45. The minimum atomic E-state index is -0.105. The number of halogens is 1.